The van der Waals surface area contributed by atoms with Gasteiger partial charge in [0.25, 0.3) is 0 Å². The number of nitrogens with two attached hydrogens (primary N) is 1. The first-order valence-corrected chi connectivity index (χ1v) is 7.04. The Bertz CT molecular complexity index is 716. The molecule has 0 saturated carbocycles. The van der Waals surface area contributed by atoms with Gasteiger partial charge in [-0.15, -0.1) is 0 Å². The highest BCUT2D eigenvalue weighted by Crippen LogP contribution is 2.16. The molecule has 22 heavy (non-hydrogen) atoms. The summed E-state index contributed by atoms with van der Waals surface area (Å²) in [7, 11) is 0. The minimum Gasteiger partial charge on any atom is -0.366 e. The van der Waals surface area contributed by atoms with E-state index in [1.807, 2.05) is 18.2 Å². The zero-order chi connectivity index (χ0) is 16.1. The smallest absolute Gasteiger partial charge is 0.319 e. The molecule has 2 rings (SSSR count). The molecule has 0 aliphatic rings. The second-order valence-corrected chi connectivity index (χ2v) is 5.20. The molecule has 0 aliphatic carbocycles. The lowest BCUT2D eigenvalue weighted by molar-refractivity contribution is 0.0999. The minimum atomic E-state index is -0.530. The molecular weight excluding hydrogens is 302 g/mol. The van der Waals surface area contributed by atoms with E-state index in [2.05, 4.69) is 10.6 Å². The maximum absolute atomic E-state index is 11.9. The molecule has 2 aromatic rings. The fourth-order valence-corrected chi connectivity index (χ4v) is 2.16. The van der Waals surface area contributed by atoms with Crippen molar-refractivity contribution in [3.05, 3.63) is 64.2 Å². The maximum atomic E-state index is 11.9. The van der Waals surface area contributed by atoms with E-state index >= 15 is 0 Å². The molecule has 0 radical (unpaired) electrons. The molecule has 114 valence electrons. The Morgan fingerprint density at radius 1 is 1.18 bits per heavy atom. The number of amides is 3. The number of hydrogen-bond donors (Lipinski definition) is 3. The standard InChI is InChI=1S/C16H16ClN3O2/c1-10-6-7-12(8-13(10)15(18)21)20-16(22)19-9-11-4-2-3-5-14(11)17/h2-8H,9H2,1H3,(H2,18,21)(H2,19,20,22). The van der Waals surface area contributed by atoms with Crippen molar-refractivity contribution in [2.45, 2.75) is 13.5 Å². The van der Waals surface area contributed by atoms with Crippen LogP contribution >= 0.6 is 11.6 Å². The summed E-state index contributed by atoms with van der Waals surface area (Å²) in [5, 5.41) is 5.95. The zero-order valence-electron chi connectivity index (χ0n) is 12.0. The van der Waals surface area contributed by atoms with Crippen LogP contribution in [-0.4, -0.2) is 11.9 Å². The van der Waals surface area contributed by atoms with Crippen LogP contribution < -0.4 is 16.4 Å². The minimum absolute atomic E-state index is 0.306. The van der Waals surface area contributed by atoms with Crippen molar-refractivity contribution in [2.75, 3.05) is 5.32 Å². The average molecular weight is 318 g/mol. The topological polar surface area (TPSA) is 84.2 Å². The lowest BCUT2D eigenvalue weighted by Gasteiger charge is -2.10. The number of halogens is 1. The quantitative estimate of drug-likeness (QED) is 0.809. The molecule has 2 aromatic carbocycles. The van der Waals surface area contributed by atoms with Crippen LogP contribution in [0.1, 0.15) is 21.5 Å². The summed E-state index contributed by atoms with van der Waals surface area (Å²) in [6.07, 6.45) is 0. The lowest BCUT2D eigenvalue weighted by atomic mass is 10.1. The summed E-state index contributed by atoms with van der Waals surface area (Å²) in [5.74, 6) is -0.530. The van der Waals surface area contributed by atoms with E-state index in [1.54, 1.807) is 31.2 Å². The molecule has 0 aliphatic heterocycles. The maximum Gasteiger partial charge on any atom is 0.319 e. The van der Waals surface area contributed by atoms with E-state index in [0.29, 0.717) is 22.8 Å². The molecule has 0 spiro atoms. The molecule has 0 unspecified atom stereocenters. The van der Waals surface area contributed by atoms with Crippen LogP contribution in [0.2, 0.25) is 5.02 Å². The molecule has 0 heterocycles. The van der Waals surface area contributed by atoms with Crippen molar-refractivity contribution in [2.24, 2.45) is 5.73 Å². The van der Waals surface area contributed by atoms with Gasteiger partial charge in [0.15, 0.2) is 0 Å². The zero-order valence-corrected chi connectivity index (χ0v) is 12.8. The van der Waals surface area contributed by atoms with Crippen molar-refractivity contribution in [1.29, 1.82) is 0 Å². The van der Waals surface area contributed by atoms with Crippen molar-refractivity contribution in [1.82, 2.24) is 5.32 Å². The van der Waals surface area contributed by atoms with Gasteiger partial charge in [0.05, 0.1) is 0 Å². The van der Waals surface area contributed by atoms with Gasteiger partial charge >= 0.3 is 6.03 Å². The Morgan fingerprint density at radius 3 is 2.59 bits per heavy atom. The van der Waals surface area contributed by atoms with E-state index < -0.39 is 5.91 Å². The fourth-order valence-electron chi connectivity index (χ4n) is 1.96. The molecule has 4 N–H and O–H groups in total. The van der Waals surface area contributed by atoms with Gasteiger partial charge in [0.2, 0.25) is 5.91 Å². The number of hydrogen-bond acceptors (Lipinski definition) is 2. The van der Waals surface area contributed by atoms with Crippen LogP contribution in [0.4, 0.5) is 10.5 Å². The Morgan fingerprint density at radius 2 is 1.91 bits per heavy atom. The van der Waals surface area contributed by atoms with Crippen LogP contribution in [0.25, 0.3) is 0 Å². The Hall–Kier alpha value is -2.53. The van der Waals surface area contributed by atoms with Crippen LogP contribution in [-0.2, 0) is 6.54 Å². The molecule has 6 heteroatoms. The summed E-state index contributed by atoms with van der Waals surface area (Å²) in [5.41, 5.74) is 7.74. The number of anilines is 1. The largest absolute Gasteiger partial charge is 0.366 e. The van der Waals surface area contributed by atoms with Crippen molar-refractivity contribution < 1.29 is 9.59 Å². The van der Waals surface area contributed by atoms with Gasteiger partial charge in [0, 0.05) is 22.8 Å². The first kappa shape index (κ1) is 15.9. The summed E-state index contributed by atoms with van der Waals surface area (Å²) >= 11 is 6.02. The molecule has 0 saturated heterocycles. The molecule has 5 nitrogen and oxygen atoms in total. The molecule has 0 aromatic heterocycles. The van der Waals surface area contributed by atoms with Gasteiger partial charge in [-0.2, -0.15) is 0 Å². The van der Waals surface area contributed by atoms with Crippen molar-refractivity contribution in [3.63, 3.8) is 0 Å². The number of rotatable bonds is 4. The number of benzene rings is 2. The lowest BCUT2D eigenvalue weighted by Crippen LogP contribution is -2.28. The number of aryl methyl sites for hydroxylation is 1. The highest BCUT2D eigenvalue weighted by atomic mass is 35.5. The van der Waals surface area contributed by atoms with Crippen LogP contribution in [0.15, 0.2) is 42.5 Å². The van der Waals surface area contributed by atoms with Crippen LogP contribution in [0.5, 0.6) is 0 Å². The number of carbonyl (C=O) groups is 2. The third-order valence-electron chi connectivity index (χ3n) is 3.16. The van der Waals surface area contributed by atoms with E-state index in [1.165, 1.54) is 0 Å². The van der Waals surface area contributed by atoms with Gasteiger partial charge in [-0.3, -0.25) is 4.79 Å². The molecule has 0 fully saturated rings. The Kier molecular flexibility index (Phi) is 5.01. The number of nitrogens with one attached hydrogen (secondary N) is 2. The fraction of sp³-hybridized carbons (Fsp3) is 0.125. The van der Waals surface area contributed by atoms with Crippen molar-refractivity contribution in [3.8, 4) is 0 Å². The van der Waals surface area contributed by atoms with Gasteiger partial charge in [-0.05, 0) is 36.2 Å². The van der Waals surface area contributed by atoms with Crippen molar-refractivity contribution >= 4 is 29.2 Å². The SMILES string of the molecule is Cc1ccc(NC(=O)NCc2ccccc2Cl)cc1C(N)=O. The number of carbonyl (C=O) groups excluding carboxylic acids is 2. The summed E-state index contributed by atoms with van der Waals surface area (Å²) < 4.78 is 0. The molecule has 0 atom stereocenters. The second kappa shape index (κ2) is 6.95. The highest BCUT2D eigenvalue weighted by Gasteiger charge is 2.08. The van der Waals surface area contributed by atoms with Gasteiger partial charge in [0.1, 0.15) is 0 Å². The first-order chi connectivity index (χ1) is 10.5. The average Bonchev–Trinajstić information content (AvgIpc) is 2.48. The monoisotopic (exact) mass is 317 g/mol. The van der Waals surface area contributed by atoms with E-state index in [9.17, 15) is 9.59 Å². The van der Waals surface area contributed by atoms with E-state index in [4.69, 9.17) is 17.3 Å². The molecular formula is C16H16ClN3O2. The van der Waals surface area contributed by atoms with Gasteiger partial charge < -0.3 is 16.4 Å². The third-order valence-corrected chi connectivity index (χ3v) is 3.53. The summed E-state index contributed by atoms with van der Waals surface area (Å²) in [4.78, 5) is 23.2. The Balaban J connectivity index is 1.99. The van der Waals surface area contributed by atoms with Gasteiger partial charge in [-0.25, -0.2) is 4.79 Å². The summed E-state index contributed by atoms with van der Waals surface area (Å²) in [6, 6.07) is 11.9. The number of primary amides is 1. The predicted octanol–water partition coefficient (Wildman–Crippen LogP) is 3.07. The Labute approximate surface area is 133 Å². The van der Waals surface area contributed by atoms with Gasteiger partial charge in [-0.1, -0.05) is 35.9 Å². The normalized spacial score (nSPS) is 10.1. The predicted molar refractivity (Wildman–Crippen MR) is 87.0 cm³/mol. The van der Waals surface area contributed by atoms with Crippen LogP contribution in [0, 0.1) is 6.92 Å². The molecule has 0 bridgehead atoms. The van der Waals surface area contributed by atoms with Crippen LogP contribution in [0.3, 0.4) is 0 Å². The highest BCUT2D eigenvalue weighted by molar-refractivity contribution is 6.31. The number of urea groups is 1. The van der Waals surface area contributed by atoms with E-state index in [-0.39, 0.29) is 6.03 Å². The third kappa shape index (κ3) is 3.99. The van der Waals surface area contributed by atoms with E-state index in [0.717, 1.165) is 11.1 Å². The summed E-state index contributed by atoms with van der Waals surface area (Å²) in [6.45, 7) is 2.08. The first-order valence-electron chi connectivity index (χ1n) is 6.66. The second-order valence-electron chi connectivity index (χ2n) is 4.79. The molecule has 3 amide bonds.